The monoisotopic (exact) mass is 167 g/mol. The molecule has 1 rings (SSSR count). The molecule has 0 amide bonds. The highest BCUT2D eigenvalue weighted by molar-refractivity contribution is 5.93. The molecule has 4 N–H and O–H groups in total. The van der Waals surface area contributed by atoms with Gasteiger partial charge in [-0.05, 0) is 13.8 Å². The van der Waals surface area contributed by atoms with Gasteiger partial charge in [-0.2, -0.15) is 5.10 Å². The molecule has 0 atom stereocenters. The van der Waals surface area contributed by atoms with Crippen molar-refractivity contribution >= 4 is 11.6 Å². The molecule has 0 bridgehead atoms. The second kappa shape index (κ2) is 3.25. The van der Waals surface area contributed by atoms with Crippen LogP contribution >= 0.6 is 0 Å². The third-order valence-electron chi connectivity index (χ3n) is 1.62. The average molecular weight is 167 g/mol. The molecule has 0 aliphatic heterocycles. The molecule has 0 aliphatic carbocycles. The molecular weight excluding hydrogens is 154 g/mol. The number of hydrogen-bond donors (Lipinski definition) is 3. The van der Waals surface area contributed by atoms with Crippen LogP contribution in [0.5, 0.6) is 0 Å². The number of hydrogen-bond acceptors (Lipinski definition) is 2. The first-order chi connectivity index (χ1) is 5.65. The normalized spacial score (nSPS) is 11.8. The molecule has 0 fully saturated rings. The Balaban J connectivity index is 2.88. The highest BCUT2D eigenvalue weighted by Gasteiger charge is 2.05. The van der Waals surface area contributed by atoms with Gasteiger partial charge in [-0.3, -0.25) is 10.1 Å². The van der Waals surface area contributed by atoms with E-state index in [-0.39, 0.29) is 0 Å². The zero-order valence-corrected chi connectivity index (χ0v) is 7.47. The number of guanidine groups is 1. The summed E-state index contributed by atoms with van der Waals surface area (Å²) in [4.78, 5) is 3.79. The van der Waals surface area contributed by atoms with E-state index in [1.54, 1.807) is 7.05 Å². The van der Waals surface area contributed by atoms with Gasteiger partial charge < -0.3 is 11.1 Å². The molecule has 0 radical (unpaired) electrons. The zero-order chi connectivity index (χ0) is 9.14. The molecule has 0 spiro atoms. The van der Waals surface area contributed by atoms with Crippen molar-refractivity contribution in [3.8, 4) is 0 Å². The predicted molar refractivity (Wildman–Crippen MR) is 49.2 cm³/mol. The minimum absolute atomic E-state index is 0.391. The number of aromatic amines is 1. The Morgan fingerprint density at radius 2 is 2.25 bits per heavy atom. The quantitative estimate of drug-likeness (QED) is 0.418. The summed E-state index contributed by atoms with van der Waals surface area (Å²) in [6.07, 6.45) is 0. The van der Waals surface area contributed by atoms with Gasteiger partial charge in [-0.15, -0.1) is 0 Å². The molecule has 0 aliphatic rings. The van der Waals surface area contributed by atoms with Crippen molar-refractivity contribution in [1.82, 2.24) is 10.2 Å². The average Bonchev–Trinajstić information content (AvgIpc) is 2.35. The molecule has 66 valence electrons. The van der Waals surface area contributed by atoms with Gasteiger partial charge in [0.2, 0.25) is 0 Å². The molecule has 1 aromatic heterocycles. The van der Waals surface area contributed by atoms with Crippen molar-refractivity contribution < 1.29 is 0 Å². The van der Waals surface area contributed by atoms with Crippen molar-refractivity contribution in [1.29, 1.82) is 0 Å². The van der Waals surface area contributed by atoms with Crippen LogP contribution in [0, 0.1) is 13.8 Å². The van der Waals surface area contributed by atoms with E-state index in [1.807, 2.05) is 13.8 Å². The number of anilines is 1. The smallest absolute Gasteiger partial charge is 0.192 e. The summed E-state index contributed by atoms with van der Waals surface area (Å²) in [6, 6.07) is 0. The van der Waals surface area contributed by atoms with E-state index in [4.69, 9.17) is 5.73 Å². The van der Waals surface area contributed by atoms with Crippen LogP contribution in [0.3, 0.4) is 0 Å². The minimum Gasteiger partial charge on any atom is -0.370 e. The fraction of sp³-hybridized carbons (Fsp3) is 0.429. The first-order valence-electron chi connectivity index (χ1n) is 3.66. The number of nitrogens with one attached hydrogen (secondary N) is 2. The topological polar surface area (TPSA) is 79.1 Å². The molecule has 1 aromatic rings. The standard InChI is InChI=1S/C7H13N5/c1-4-6(5(2)12-11-4)10-7(8)9-3/h1-3H3,(H,11,12)(H3,8,9,10). The van der Waals surface area contributed by atoms with E-state index in [0.717, 1.165) is 17.1 Å². The molecule has 5 nitrogen and oxygen atoms in total. The third-order valence-corrected chi connectivity index (χ3v) is 1.62. The Bertz CT molecular complexity index is 279. The molecule has 5 heteroatoms. The number of aryl methyl sites for hydroxylation is 2. The fourth-order valence-electron chi connectivity index (χ4n) is 0.919. The van der Waals surface area contributed by atoms with Crippen molar-refractivity contribution in [3.63, 3.8) is 0 Å². The third kappa shape index (κ3) is 1.55. The molecule has 12 heavy (non-hydrogen) atoms. The van der Waals surface area contributed by atoms with E-state index in [0.29, 0.717) is 5.96 Å². The van der Waals surface area contributed by atoms with Gasteiger partial charge in [0.1, 0.15) is 0 Å². The van der Waals surface area contributed by atoms with Gasteiger partial charge in [-0.25, -0.2) is 0 Å². The molecule has 0 saturated carbocycles. The summed E-state index contributed by atoms with van der Waals surface area (Å²) >= 11 is 0. The maximum atomic E-state index is 5.50. The van der Waals surface area contributed by atoms with E-state index < -0.39 is 0 Å². The molecule has 1 heterocycles. The van der Waals surface area contributed by atoms with Crippen LogP contribution in [0.15, 0.2) is 4.99 Å². The molecular formula is C7H13N5. The predicted octanol–water partition coefficient (Wildman–Crippen LogP) is 0.383. The number of aromatic nitrogens is 2. The van der Waals surface area contributed by atoms with Gasteiger partial charge in [0.25, 0.3) is 0 Å². The molecule has 0 saturated heterocycles. The number of nitrogens with zero attached hydrogens (tertiary/aromatic N) is 2. The van der Waals surface area contributed by atoms with Gasteiger partial charge in [0.15, 0.2) is 5.96 Å². The van der Waals surface area contributed by atoms with Crippen LogP contribution in [0.2, 0.25) is 0 Å². The Kier molecular flexibility index (Phi) is 2.32. The van der Waals surface area contributed by atoms with Crippen molar-refractivity contribution in [2.24, 2.45) is 10.7 Å². The lowest BCUT2D eigenvalue weighted by Crippen LogP contribution is -2.22. The van der Waals surface area contributed by atoms with Crippen LogP contribution in [-0.4, -0.2) is 23.2 Å². The molecule has 0 aromatic carbocycles. The number of nitrogens with two attached hydrogens (primary N) is 1. The number of H-pyrrole nitrogens is 1. The van der Waals surface area contributed by atoms with Crippen molar-refractivity contribution in [2.75, 3.05) is 12.4 Å². The summed E-state index contributed by atoms with van der Waals surface area (Å²) in [5.74, 6) is 0.391. The maximum absolute atomic E-state index is 5.50. The van der Waals surface area contributed by atoms with Gasteiger partial charge in [-0.1, -0.05) is 0 Å². The summed E-state index contributed by atoms with van der Waals surface area (Å²) in [5.41, 5.74) is 8.25. The van der Waals surface area contributed by atoms with Crippen molar-refractivity contribution in [3.05, 3.63) is 11.4 Å². The summed E-state index contributed by atoms with van der Waals surface area (Å²) < 4.78 is 0. The highest BCUT2D eigenvalue weighted by Crippen LogP contribution is 2.14. The SMILES string of the molecule is CN=C(N)Nc1c(C)n[nH]c1C. The first-order valence-corrected chi connectivity index (χ1v) is 3.66. The highest BCUT2D eigenvalue weighted by atomic mass is 15.2. The van der Waals surface area contributed by atoms with E-state index in [1.165, 1.54) is 0 Å². The maximum Gasteiger partial charge on any atom is 0.192 e. The van der Waals surface area contributed by atoms with Crippen molar-refractivity contribution in [2.45, 2.75) is 13.8 Å². The van der Waals surface area contributed by atoms with E-state index in [9.17, 15) is 0 Å². The van der Waals surface area contributed by atoms with E-state index >= 15 is 0 Å². The minimum atomic E-state index is 0.391. The van der Waals surface area contributed by atoms with E-state index in [2.05, 4.69) is 20.5 Å². The van der Waals surface area contributed by atoms with Gasteiger partial charge >= 0.3 is 0 Å². The second-order valence-corrected chi connectivity index (χ2v) is 2.54. The lowest BCUT2D eigenvalue weighted by molar-refractivity contribution is 1.02. The number of rotatable bonds is 1. The van der Waals surface area contributed by atoms with Crippen LogP contribution in [0.25, 0.3) is 0 Å². The Hall–Kier alpha value is -1.52. The van der Waals surface area contributed by atoms with Crippen LogP contribution in [0.4, 0.5) is 5.69 Å². The first kappa shape index (κ1) is 8.58. The summed E-state index contributed by atoms with van der Waals surface area (Å²) in [5, 5.41) is 9.79. The van der Waals surface area contributed by atoms with Gasteiger partial charge in [0.05, 0.1) is 17.1 Å². The van der Waals surface area contributed by atoms with Crippen LogP contribution in [-0.2, 0) is 0 Å². The molecule has 0 unspecified atom stereocenters. The Labute approximate surface area is 71.1 Å². The Morgan fingerprint density at radius 3 is 2.67 bits per heavy atom. The van der Waals surface area contributed by atoms with Gasteiger partial charge in [0, 0.05) is 7.05 Å². The lowest BCUT2D eigenvalue weighted by Gasteiger charge is -2.03. The Morgan fingerprint density at radius 1 is 1.58 bits per heavy atom. The zero-order valence-electron chi connectivity index (χ0n) is 7.47. The van der Waals surface area contributed by atoms with Crippen LogP contribution in [0.1, 0.15) is 11.4 Å². The summed E-state index contributed by atoms with van der Waals surface area (Å²) in [7, 11) is 1.63. The fourth-order valence-corrected chi connectivity index (χ4v) is 0.919. The largest absolute Gasteiger partial charge is 0.370 e. The number of aliphatic imine (C=N–C) groups is 1. The second-order valence-electron chi connectivity index (χ2n) is 2.54. The lowest BCUT2D eigenvalue weighted by atomic mass is 10.3. The van der Waals surface area contributed by atoms with Crippen LogP contribution < -0.4 is 11.1 Å². The summed E-state index contributed by atoms with van der Waals surface area (Å²) in [6.45, 7) is 3.82.